The average Bonchev–Trinajstić information content (AvgIpc) is 3.74. The van der Waals surface area contributed by atoms with Crippen LogP contribution in [0.3, 0.4) is 0 Å². The summed E-state index contributed by atoms with van der Waals surface area (Å²) < 4.78 is 0. The van der Waals surface area contributed by atoms with Gasteiger partial charge in [0.1, 0.15) is 5.75 Å². The van der Waals surface area contributed by atoms with Crippen molar-refractivity contribution < 1.29 is 10.2 Å². The minimum atomic E-state index is 0.157. The molecule has 3 nitrogen and oxygen atoms in total. The van der Waals surface area contributed by atoms with E-state index in [2.05, 4.69) is 59.5 Å². The quantitative estimate of drug-likeness (QED) is 0.391. The van der Waals surface area contributed by atoms with Crippen LogP contribution in [0, 0.1) is 0 Å². The number of hydrogen-bond donors (Lipinski definition) is 2. The molecule has 2 aliphatic rings. The van der Waals surface area contributed by atoms with Crippen molar-refractivity contribution in [2.45, 2.75) is 38.1 Å². The molecule has 1 aliphatic heterocycles. The van der Waals surface area contributed by atoms with Crippen molar-refractivity contribution in [2.75, 3.05) is 19.7 Å². The molecule has 3 aromatic carbocycles. The highest BCUT2D eigenvalue weighted by Gasteiger charge is 2.29. The fourth-order valence-corrected chi connectivity index (χ4v) is 5.02. The molecule has 174 valence electrons. The van der Waals surface area contributed by atoms with Crippen LogP contribution in [0.2, 0.25) is 0 Å². The Hall–Kier alpha value is -3.14. The molecule has 1 saturated carbocycles. The Balaban J connectivity index is 1.53. The standard InChI is InChI=1S/C31H33NO2/c33-22-4-7-30(25-5-2-1-3-6-25)31(27-12-16-29(34)17-13-27)26-10-8-23(9-11-26)24-18-20-32(21-19-24)28-14-15-28/h1-3,5-6,8-13,16-18,28,33-34H,4,7,14-15,19-22H2/b31-30+. The predicted molar refractivity (Wildman–Crippen MR) is 140 cm³/mol. The Morgan fingerprint density at radius 1 is 0.824 bits per heavy atom. The molecule has 0 radical (unpaired) electrons. The number of allylic oxidation sites excluding steroid dienone is 1. The van der Waals surface area contributed by atoms with E-state index >= 15 is 0 Å². The second kappa shape index (κ2) is 10.4. The molecular weight excluding hydrogens is 418 g/mol. The van der Waals surface area contributed by atoms with Crippen molar-refractivity contribution in [3.8, 4) is 5.75 Å². The van der Waals surface area contributed by atoms with Gasteiger partial charge in [-0.2, -0.15) is 0 Å². The van der Waals surface area contributed by atoms with Crippen molar-refractivity contribution in [1.82, 2.24) is 4.90 Å². The number of aromatic hydroxyl groups is 1. The maximum absolute atomic E-state index is 9.88. The molecule has 0 bridgehead atoms. The van der Waals surface area contributed by atoms with Gasteiger partial charge in [-0.05, 0) is 83.2 Å². The van der Waals surface area contributed by atoms with Gasteiger partial charge in [0.2, 0.25) is 0 Å². The molecule has 0 atom stereocenters. The van der Waals surface area contributed by atoms with Crippen LogP contribution in [-0.4, -0.2) is 40.9 Å². The molecule has 1 heterocycles. The summed E-state index contributed by atoms with van der Waals surface area (Å²) in [5.74, 6) is 0.263. The second-order valence-corrected chi connectivity index (χ2v) is 9.38. The van der Waals surface area contributed by atoms with E-state index in [-0.39, 0.29) is 12.4 Å². The Bertz CT molecular complexity index is 1160. The van der Waals surface area contributed by atoms with Gasteiger partial charge in [-0.25, -0.2) is 0 Å². The number of aliphatic hydroxyl groups excluding tert-OH is 1. The van der Waals surface area contributed by atoms with E-state index in [4.69, 9.17) is 0 Å². The monoisotopic (exact) mass is 451 g/mol. The first kappa shape index (κ1) is 22.6. The van der Waals surface area contributed by atoms with Crippen LogP contribution >= 0.6 is 0 Å². The molecule has 3 aromatic rings. The molecule has 34 heavy (non-hydrogen) atoms. The molecule has 0 spiro atoms. The first-order valence-corrected chi connectivity index (χ1v) is 12.5. The molecular formula is C31H33NO2. The van der Waals surface area contributed by atoms with Crippen molar-refractivity contribution >= 4 is 16.7 Å². The van der Waals surface area contributed by atoms with Crippen molar-refractivity contribution in [2.24, 2.45) is 0 Å². The second-order valence-electron chi connectivity index (χ2n) is 9.38. The minimum Gasteiger partial charge on any atom is -0.508 e. The number of phenolic OH excluding ortho intramolecular Hbond substituents is 1. The largest absolute Gasteiger partial charge is 0.508 e. The van der Waals surface area contributed by atoms with Gasteiger partial charge >= 0.3 is 0 Å². The summed E-state index contributed by atoms with van der Waals surface area (Å²) in [5, 5.41) is 19.5. The molecule has 1 aliphatic carbocycles. The van der Waals surface area contributed by atoms with Crippen molar-refractivity contribution in [1.29, 1.82) is 0 Å². The molecule has 0 amide bonds. The van der Waals surface area contributed by atoms with Crippen LogP contribution in [-0.2, 0) is 0 Å². The molecule has 5 rings (SSSR count). The summed E-state index contributed by atoms with van der Waals surface area (Å²) in [6.45, 7) is 2.39. The average molecular weight is 452 g/mol. The zero-order chi connectivity index (χ0) is 23.3. The van der Waals surface area contributed by atoms with Gasteiger partial charge in [-0.15, -0.1) is 0 Å². The SMILES string of the molecule is OCCC/C(=C(\c1ccc(O)cc1)c1ccc(C2=CCN(C3CC3)CC2)cc1)c1ccccc1. The number of benzene rings is 3. The lowest BCUT2D eigenvalue weighted by atomic mass is 9.86. The molecule has 1 fully saturated rings. The van der Waals surface area contributed by atoms with Crippen LogP contribution in [0.4, 0.5) is 0 Å². The Morgan fingerprint density at radius 3 is 2.09 bits per heavy atom. The van der Waals surface area contributed by atoms with E-state index < -0.39 is 0 Å². The molecule has 0 aromatic heterocycles. The van der Waals surface area contributed by atoms with E-state index in [1.807, 2.05) is 18.2 Å². The van der Waals surface area contributed by atoms with Crippen LogP contribution < -0.4 is 0 Å². The molecule has 3 heteroatoms. The minimum absolute atomic E-state index is 0.157. The fourth-order valence-electron chi connectivity index (χ4n) is 5.02. The zero-order valence-electron chi connectivity index (χ0n) is 19.7. The van der Waals surface area contributed by atoms with Crippen LogP contribution in [0.1, 0.15) is 54.4 Å². The Labute approximate surface area is 202 Å². The summed E-state index contributed by atoms with van der Waals surface area (Å²) in [6.07, 6.45) is 7.73. The van der Waals surface area contributed by atoms with Crippen LogP contribution in [0.15, 0.2) is 84.9 Å². The number of phenols is 1. The van der Waals surface area contributed by atoms with Crippen molar-refractivity contribution in [3.63, 3.8) is 0 Å². The molecule has 2 N–H and O–H groups in total. The Morgan fingerprint density at radius 2 is 1.50 bits per heavy atom. The van der Waals surface area contributed by atoms with Gasteiger partial charge in [-0.3, -0.25) is 4.90 Å². The van der Waals surface area contributed by atoms with Crippen LogP contribution in [0.5, 0.6) is 5.75 Å². The lowest BCUT2D eigenvalue weighted by Crippen LogP contribution is -2.30. The molecule has 0 unspecified atom stereocenters. The predicted octanol–water partition coefficient (Wildman–Crippen LogP) is 6.38. The first-order chi connectivity index (χ1) is 16.7. The summed E-state index contributed by atoms with van der Waals surface area (Å²) in [7, 11) is 0. The first-order valence-electron chi connectivity index (χ1n) is 12.5. The van der Waals surface area contributed by atoms with E-state index in [1.165, 1.54) is 35.1 Å². The number of aliphatic hydroxyl groups is 1. The van der Waals surface area contributed by atoms with E-state index in [9.17, 15) is 10.2 Å². The van der Waals surface area contributed by atoms with E-state index in [0.717, 1.165) is 48.7 Å². The lowest BCUT2D eigenvalue weighted by Gasteiger charge is -2.26. The zero-order valence-corrected chi connectivity index (χ0v) is 19.7. The summed E-state index contributed by atoms with van der Waals surface area (Å²) in [5.41, 5.74) is 8.51. The number of hydrogen-bond acceptors (Lipinski definition) is 3. The maximum Gasteiger partial charge on any atom is 0.115 e. The van der Waals surface area contributed by atoms with Crippen molar-refractivity contribution in [3.05, 3.63) is 107 Å². The topological polar surface area (TPSA) is 43.7 Å². The highest BCUT2D eigenvalue weighted by Crippen LogP contribution is 2.37. The fraction of sp³-hybridized carbons (Fsp3) is 0.290. The number of rotatable bonds is 8. The van der Waals surface area contributed by atoms with Gasteiger partial charge in [0, 0.05) is 25.7 Å². The summed E-state index contributed by atoms with van der Waals surface area (Å²) in [4.78, 5) is 2.61. The lowest BCUT2D eigenvalue weighted by molar-refractivity contribution is 0.290. The summed E-state index contributed by atoms with van der Waals surface area (Å²) >= 11 is 0. The molecule has 0 saturated heterocycles. The van der Waals surface area contributed by atoms with E-state index in [1.54, 1.807) is 12.1 Å². The highest BCUT2D eigenvalue weighted by atomic mass is 16.3. The maximum atomic E-state index is 9.88. The normalized spacial score (nSPS) is 17.3. The third-order valence-electron chi connectivity index (χ3n) is 7.01. The third kappa shape index (κ3) is 5.16. The van der Waals surface area contributed by atoms with E-state index in [0.29, 0.717) is 6.42 Å². The van der Waals surface area contributed by atoms with Gasteiger partial charge in [-0.1, -0.05) is 72.8 Å². The smallest absolute Gasteiger partial charge is 0.115 e. The Kier molecular flexibility index (Phi) is 6.94. The van der Waals surface area contributed by atoms with Crippen LogP contribution in [0.25, 0.3) is 16.7 Å². The van der Waals surface area contributed by atoms with Gasteiger partial charge in [0.25, 0.3) is 0 Å². The number of nitrogens with zero attached hydrogens (tertiary/aromatic N) is 1. The van der Waals surface area contributed by atoms with Gasteiger partial charge < -0.3 is 10.2 Å². The van der Waals surface area contributed by atoms with Gasteiger partial charge in [0.15, 0.2) is 0 Å². The summed E-state index contributed by atoms with van der Waals surface area (Å²) in [6, 6.07) is 27.7. The highest BCUT2D eigenvalue weighted by molar-refractivity contribution is 5.98. The van der Waals surface area contributed by atoms with Gasteiger partial charge in [0.05, 0.1) is 0 Å². The third-order valence-corrected chi connectivity index (χ3v) is 7.01.